The van der Waals surface area contributed by atoms with Gasteiger partial charge in [0.2, 0.25) is 0 Å². The molecule has 0 unspecified atom stereocenters. The Bertz CT molecular complexity index is 2070. The summed E-state index contributed by atoms with van der Waals surface area (Å²) in [6.45, 7) is 2.07. The van der Waals surface area contributed by atoms with Gasteiger partial charge in [-0.25, -0.2) is 4.98 Å². The van der Waals surface area contributed by atoms with Crippen molar-refractivity contribution < 1.29 is 24.5 Å². The van der Waals surface area contributed by atoms with Gasteiger partial charge in [0.05, 0.1) is 11.4 Å². The summed E-state index contributed by atoms with van der Waals surface area (Å²) in [4.78, 5) is 13.3. The second kappa shape index (κ2) is 11.8. The predicted octanol–water partition coefficient (Wildman–Crippen LogP) is 7.43. The normalized spacial score (nSPS) is 10.8. The molecule has 0 aliphatic carbocycles. The quantitative estimate of drug-likeness (QED) is 0.177. The molecule has 42 heavy (non-hydrogen) atoms. The molecule has 0 aliphatic heterocycles. The summed E-state index contributed by atoms with van der Waals surface area (Å²) in [7, 11) is 0. The molecule has 0 aliphatic rings. The Morgan fingerprint density at radius 3 is 2.43 bits per heavy atom. The molecular weight excluding hydrogens is 701 g/mol. The molecule has 0 N–H and O–H groups in total. The first kappa shape index (κ1) is 27.1. The van der Waals surface area contributed by atoms with E-state index >= 15 is 0 Å². The van der Waals surface area contributed by atoms with Crippen molar-refractivity contribution in [2.45, 2.75) is 6.92 Å². The zero-order valence-corrected chi connectivity index (χ0v) is 24.8. The first-order valence-corrected chi connectivity index (χ1v) is 13.1. The van der Waals surface area contributed by atoms with Gasteiger partial charge in [0.1, 0.15) is 11.9 Å². The van der Waals surface area contributed by atoms with Crippen LogP contribution in [0.25, 0.3) is 61.6 Å². The Balaban J connectivity index is 0.000000205. The topological polar surface area (TPSA) is 82.5 Å². The molecule has 8 rings (SSSR count). The van der Waals surface area contributed by atoms with Crippen LogP contribution in [0.1, 0.15) is 5.56 Å². The number of nitrogens with zero attached hydrogens (tertiary/aromatic N) is 6. The van der Waals surface area contributed by atoms with Crippen LogP contribution in [0.2, 0.25) is 0 Å². The van der Waals surface area contributed by atoms with Gasteiger partial charge in [-0.2, -0.15) is 0 Å². The fourth-order valence-electron chi connectivity index (χ4n) is 4.90. The Morgan fingerprint density at radius 2 is 1.62 bits per heavy atom. The molecule has 205 valence electrons. The van der Waals surface area contributed by atoms with Crippen LogP contribution in [0.5, 0.6) is 0 Å². The Hall–Kier alpha value is -5.04. The van der Waals surface area contributed by atoms with Gasteiger partial charge in [-0.1, -0.05) is 66.4 Å². The third kappa shape index (κ3) is 4.98. The van der Waals surface area contributed by atoms with Crippen molar-refractivity contribution in [2.75, 3.05) is 0 Å². The van der Waals surface area contributed by atoms with Gasteiger partial charge in [0.25, 0.3) is 0 Å². The standard InChI is InChI=1S/C23H14N5O.C11H8N.Ir/c1-14-11-12-17(20-19(14)16-9-5-6-10-18(16)29-20)22-26-21-23(27-25-13-24-21)28(22)15-7-3-2-4-8-15;1-2-6-10(7-3-1)11-8-4-5-9-12-11;/h2-11,13H,1H3;1-6,8-9H;/q2*-1;. The van der Waals surface area contributed by atoms with Crippen molar-refractivity contribution in [1.82, 2.24) is 29.7 Å². The van der Waals surface area contributed by atoms with Crippen LogP contribution >= 0.6 is 0 Å². The third-order valence-electron chi connectivity index (χ3n) is 6.76. The number of fused-ring (bicyclic) bond motifs is 4. The summed E-state index contributed by atoms with van der Waals surface area (Å²) in [6, 6.07) is 40.2. The third-order valence-corrected chi connectivity index (χ3v) is 6.76. The van der Waals surface area contributed by atoms with Gasteiger partial charge in [-0.3, -0.25) is 4.98 Å². The van der Waals surface area contributed by atoms with Crippen molar-refractivity contribution in [3.63, 3.8) is 0 Å². The average molecular weight is 723 g/mol. The number of para-hydroxylation sites is 2. The summed E-state index contributed by atoms with van der Waals surface area (Å²) < 4.78 is 8.21. The maximum absolute atomic E-state index is 6.26. The summed E-state index contributed by atoms with van der Waals surface area (Å²) in [5.41, 5.74) is 7.52. The predicted molar refractivity (Wildman–Crippen MR) is 159 cm³/mol. The van der Waals surface area contributed by atoms with Crippen molar-refractivity contribution in [3.05, 3.63) is 133 Å². The molecule has 4 heterocycles. The minimum atomic E-state index is 0. The van der Waals surface area contributed by atoms with Crippen molar-refractivity contribution >= 4 is 33.2 Å². The molecule has 8 aromatic rings. The van der Waals surface area contributed by atoms with Crippen LogP contribution in [0, 0.1) is 19.1 Å². The Labute approximate surface area is 255 Å². The average Bonchev–Trinajstić information content (AvgIpc) is 3.63. The molecule has 4 aromatic heterocycles. The van der Waals surface area contributed by atoms with Crippen molar-refractivity contribution in [3.8, 4) is 28.3 Å². The number of imidazole rings is 1. The summed E-state index contributed by atoms with van der Waals surface area (Å²) >= 11 is 0. The first-order valence-electron chi connectivity index (χ1n) is 13.1. The number of hydrogen-bond acceptors (Lipinski definition) is 6. The monoisotopic (exact) mass is 723 g/mol. The number of rotatable bonds is 3. The van der Waals surface area contributed by atoms with Gasteiger partial charge in [-0.15, -0.1) is 63.8 Å². The van der Waals surface area contributed by atoms with E-state index in [9.17, 15) is 0 Å². The van der Waals surface area contributed by atoms with Crippen molar-refractivity contribution in [1.29, 1.82) is 0 Å². The SMILES string of the molecule is Cc1c[c-]c(-c2nc3ncnnc3n2-c2ccccc2)c2oc3ccccc3c12.[Ir].[c-]1ccccc1-c1ccccn1. The molecule has 8 heteroatoms. The van der Waals surface area contributed by atoms with E-state index in [1.54, 1.807) is 6.20 Å². The van der Waals surface area contributed by atoms with Gasteiger partial charge >= 0.3 is 0 Å². The molecule has 1 radical (unpaired) electrons. The van der Waals surface area contributed by atoms with E-state index in [0.717, 1.165) is 50.0 Å². The summed E-state index contributed by atoms with van der Waals surface area (Å²) in [6.07, 6.45) is 3.19. The van der Waals surface area contributed by atoms with Gasteiger partial charge < -0.3 is 14.0 Å². The summed E-state index contributed by atoms with van der Waals surface area (Å²) in [5.74, 6) is 0.670. The second-order valence-electron chi connectivity index (χ2n) is 9.35. The number of pyridine rings is 1. The molecule has 4 aromatic carbocycles. The zero-order valence-electron chi connectivity index (χ0n) is 22.4. The zero-order chi connectivity index (χ0) is 27.6. The maximum Gasteiger partial charge on any atom is 0.197 e. The van der Waals surface area contributed by atoms with Crippen LogP contribution in [-0.2, 0) is 20.1 Å². The van der Waals surface area contributed by atoms with Crippen LogP contribution in [-0.4, -0.2) is 29.7 Å². The van der Waals surface area contributed by atoms with E-state index in [-0.39, 0.29) is 20.1 Å². The van der Waals surface area contributed by atoms with E-state index in [1.165, 1.54) is 6.33 Å². The minimum Gasteiger partial charge on any atom is -0.501 e. The van der Waals surface area contributed by atoms with Crippen molar-refractivity contribution in [2.24, 2.45) is 0 Å². The largest absolute Gasteiger partial charge is 0.501 e. The van der Waals surface area contributed by atoms with Crippen LogP contribution < -0.4 is 0 Å². The van der Waals surface area contributed by atoms with Crippen LogP contribution in [0.3, 0.4) is 0 Å². The molecule has 0 saturated heterocycles. The van der Waals surface area contributed by atoms with Gasteiger partial charge in [-0.05, 0) is 30.0 Å². The van der Waals surface area contributed by atoms with Gasteiger partial charge in [0, 0.05) is 37.4 Å². The van der Waals surface area contributed by atoms with E-state index in [0.29, 0.717) is 17.1 Å². The minimum absolute atomic E-state index is 0. The molecule has 0 bridgehead atoms. The molecule has 0 amide bonds. The molecule has 0 fully saturated rings. The fourth-order valence-corrected chi connectivity index (χ4v) is 4.90. The first-order chi connectivity index (χ1) is 20.3. The smallest absolute Gasteiger partial charge is 0.197 e. The molecule has 7 nitrogen and oxygen atoms in total. The Kier molecular flexibility index (Phi) is 7.64. The molecule has 0 saturated carbocycles. The number of furan rings is 1. The molecule has 0 atom stereocenters. The molecular formula is C34H22IrN6O-2. The number of hydrogen-bond donors (Lipinski definition) is 0. The maximum atomic E-state index is 6.26. The number of aryl methyl sites for hydroxylation is 1. The second-order valence-corrected chi connectivity index (χ2v) is 9.35. The van der Waals surface area contributed by atoms with E-state index in [1.807, 2.05) is 102 Å². The van der Waals surface area contributed by atoms with E-state index in [4.69, 9.17) is 9.40 Å². The number of aromatic nitrogens is 6. The Morgan fingerprint density at radius 1 is 0.810 bits per heavy atom. The van der Waals surface area contributed by atoms with Crippen LogP contribution in [0.4, 0.5) is 0 Å². The molecule has 0 spiro atoms. The van der Waals surface area contributed by atoms with E-state index in [2.05, 4.69) is 45.3 Å². The summed E-state index contributed by atoms with van der Waals surface area (Å²) in [5, 5.41) is 10.4. The fraction of sp³-hybridized carbons (Fsp3) is 0.0294. The van der Waals surface area contributed by atoms with Crippen LogP contribution in [0.15, 0.2) is 120 Å². The van der Waals surface area contributed by atoms with Gasteiger partial charge in [0.15, 0.2) is 11.3 Å². The van der Waals surface area contributed by atoms with E-state index < -0.39 is 0 Å². The number of benzene rings is 4.